The number of benzene rings is 3. The van der Waals surface area contributed by atoms with Crippen molar-refractivity contribution in [2.45, 2.75) is 9.79 Å². The third-order valence-corrected chi connectivity index (χ3v) is 5.38. The Bertz CT molecular complexity index is 985. The maximum atomic E-state index is 12.6. The van der Waals surface area contributed by atoms with Crippen LogP contribution in [0.5, 0.6) is 0 Å². The van der Waals surface area contributed by atoms with Crippen LogP contribution in [0.4, 0.5) is 0 Å². The van der Waals surface area contributed by atoms with E-state index in [1.54, 1.807) is 36.4 Å². The van der Waals surface area contributed by atoms with Gasteiger partial charge in [0.15, 0.2) is 5.78 Å². The molecule has 3 nitrogen and oxygen atoms in total. The quantitative estimate of drug-likeness (QED) is 0.525. The summed E-state index contributed by atoms with van der Waals surface area (Å²) >= 11 is 13.4. The van der Waals surface area contributed by atoms with Crippen LogP contribution in [0.2, 0.25) is 10.0 Å². The normalized spacial score (nSPS) is 10.5. The van der Waals surface area contributed by atoms with Gasteiger partial charge < -0.3 is 5.11 Å². The van der Waals surface area contributed by atoms with Crippen molar-refractivity contribution in [1.29, 1.82) is 0 Å². The van der Waals surface area contributed by atoms with Gasteiger partial charge in [-0.2, -0.15) is 0 Å². The summed E-state index contributed by atoms with van der Waals surface area (Å²) in [4.78, 5) is 25.8. The molecule has 1 N–H and O–H groups in total. The third kappa shape index (κ3) is 4.10. The van der Waals surface area contributed by atoms with Crippen LogP contribution in [-0.4, -0.2) is 16.9 Å². The van der Waals surface area contributed by atoms with E-state index in [4.69, 9.17) is 23.2 Å². The van der Waals surface area contributed by atoms with Gasteiger partial charge in [0, 0.05) is 20.9 Å². The first-order valence-electron chi connectivity index (χ1n) is 7.55. The number of aromatic carboxylic acids is 1. The molecule has 0 saturated heterocycles. The van der Waals surface area contributed by atoms with Gasteiger partial charge in [-0.25, -0.2) is 4.79 Å². The minimum absolute atomic E-state index is 0.00763. The first-order chi connectivity index (χ1) is 12.5. The van der Waals surface area contributed by atoms with Crippen LogP contribution in [-0.2, 0) is 0 Å². The molecule has 0 aliphatic heterocycles. The molecule has 0 bridgehead atoms. The number of carbonyl (C=O) groups excluding carboxylic acids is 1. The summed E-state index contributed by atoms with van der Waals surface area (Å²) in [6, 6.07) is 18.5. The smallest absolute Gasteiger partial charge is 0.336 e. The summed E-state index contributed by atoms with van der Waals surface area (Å²) < 4.78 is 0. The number of carboxylic acids is 1. The van der Waals surface area contributed by atoms with Crippen LogP contribution in [0.15, 0.2) is 76.5 Å². The topological polar surface area (TPSA) is 54.4 Å². The van der Waals surface area contributed by atoms with E-state index in [-0.39, 0.29) is 16.9 Å². The molecule has 130 valence electrons. The first kappa shape index (κ1) is 18.5. The van der Waals surface area contributed by atoms with E-state index in [0.29, 0.717) is 15.6 Å². The summed E-state index contributed by atoms with van der Waals surface area (Å²) in [5.41, 5.74) is 0.592. The summed E-state index contributed by atoms with van der Waals surface area (Å²) in [7, 11) is 0. The number of carboxylic acid groups (broad SMARTS) is 1. The average Bonchev–Trinajstić information content (AvgIpc) is 2.65. The van der Waals surface area contributed by atoms with Crippen molar-refractivity contribution in [2.24, 2.45) is 0 Å². The number of carbonyl (C=O) groups is 2. The number of hydrogen-bond acceptors (Lipinski definition) is 3. The van der Waals surface area contributed by atoms with Gasteiger partial charge in [-0.05, 0) is 48.5 Å². The van der Waals surface area contributed by atoms with E-state index >= 15 is 0 Å². The van der Waals surface area contributed by atoms with Gasteiger partial charge >= 0.3 is 5.97 Å². The van der Waals surface area contributed by atoms with Gasteiger partial charge in [0.05, 0.1) is 15.6 Å². The summed E-state index contributed by atoms with van der Waals surface area (Å²) in [5, 5.41) is 10.2. The van der Waals surface area contributed by atoms with Gasteiger partial charge in [-0.15, -0.1) is 0 Å². The zero-order valence-electron chi connectivity index (χ0n) is 13.3. The molecule has 6 heteroatoms. The molecular formula is C20H12Cl2O3S. The third-order valence-electron chi connectivity index (χ3n) is 3.65. The highest BCUT2D eigenvalue weighted by Gasteiger charge is 2.17. The van der Waals surface area contributed by atoms with Crippen molar-refractivity contribution in [3.8, 4) is 0 Å². The van der Waals surface area contributed by atoms with Gasteiger partial charge in [0.25, 0.3) is 0 Å². The number of ketones is 1. The molecule has 0 aromatic heterocycles. The molecule has 0 radical (unpaired) electrons. The Balaban J connectivity index is 1.82. The fraction of sp³-hybridized carbons (Fsp3) is 0. The Hall–Kier alpha value is -2.27. The molecule has 0 fully saturated rings. The Kier molecular flexibility index (Phi) is 5.67. The van der Waals surface area contributed by atoms with Gasteiger partial charge in [0.2, 0.25) is 0 Å². The van der Waals surface area contributed by atoms with Gasteiger partial charge in [-0.3, -0.25) is 4.79 Å². The SMILES string of the molecule is O=C(O)c1ccccc1C(=O)c1ccc(Sc2ccc(Cl)c(Cl)c2)cc1. The Morgan fingerprint density at radius 1 is 0.769 bits per heavy atom. The highest BCUT2D eigenvalue weighted by molar-refractivity contribution is 7.99. The van der Waals surface area contributed by atoms with E-state index in [0.717, 1.165) is 9.79 Å². The molecule has 0 spiro atoms. The van der Waals surface area contributed by atoms with E-state index < -0.39 is 5.97 Å². The Morgan fingerprint density at radius 3 is 2.00 bits per heavy atom. The Morgan fingerprint density at radius 2 is 1.38 bits per heavy atom. The molecule has 0 aliphatic carbocycles. The summed E-state index contributed by atoms with van der Waals surface area (Å²) in [6.45, 7) is 0. The highest BCUT2D eigenvalue weighted by atomic mass is 35.5. The largest absolute Gasteiger partial charge is 0.478 e. The number of halogens is 2. The zero-order valence-corrected chi connectivity index (χ0v) is 15.6. The minimum atomic E-state index is -1.12. The second-order valence-electron chi connectivity index (χ2n) is 5.38. The molecule has 3 aromatic carbocycles. The lowest BCUT2D eigenvalue weighted by Crippen LogP contribution is -2.09. The molecule has 0 heterocycles. The molecule has 0 atom stereocenters. The fourth-order valence-corrected chi connectivity index (χ4v) is 3.59. The predicted octanol–water partition coefficient (Wildman–Crippen LogP) is 6.07. The standard InChI is InChI=1S/C20H12Cl2O3S/c21-17-10-9-14(11-18(17)22)26-13-7-5-12(6-8-13)19(23)15-3-1-2-4-16(15)20(24)25/h1-11H,(H,24,25). The minimum Gasteiger partial charge on any atom is -0.478 e. The monoisotopic (exact) mass is 402 g/mol. The van der Waals surface area contributed by atoms with Gasteiger partial charge in [0.1, 0.15) is 0 Å². The lowest BCUT2D eigenvalue weighted by Gasteiger charge is -2.07. The van der Waals surface area contributed by atoms with Crippen LogP contribution in [0.1, 0.15) is 26.3 Å². The average molecular weight is 403 g/mol. The maximum Gasteiger partial charge on any atom is 0.336 e. The molecular weight excluding hydrogens is 391 g/mol. The van der Waals surface area contributed by atoms with Gasteiger partial charge in [-0.1, -0.05) is 53.2 Å². The molecule has 0 unspecified atom stereocenters. The van der Waals surface area contributed by atoms with Crippen LogP contribution in [0.3, 0.4) is 0 Å². The van der Waals surface area contributed by atoms with Crippen molar-refractivity contribution in [1.82, 2.24) is 0 Å². The summed E-state index contributed by atoms with van der Waals surface area (Å²) in [5.74, 6) is -1.45. The molecule has 0 saturated carbocycles. The van der Waals surface area contributed by atoms with E-state index in [1.807, 2.05) is 18.2 Å². The van der Waals surface area contributed by atoms with Crippen LogP contribution in [0.25, 0.3) is 0 Å². The van der Waals surface area contributed by atoms with Crippen LogP contribution < -0.4 is 0 Å². The van der Waals surface area contributed by atoms with Crippen LogP contribution in [0, 0.1) is 0 Å². The van der Waals surface area contributed by atoms with Crippen molar-refractivity contribution in [2.75, 3.05) is 0 Å². The number of rotatable bonds is 5. The molecule has 3 rings (SSSR count). The van der Waals surface area contributed by atoms with Crippen molar-refractivity contribution in [3.63, 3.8) is 0 Å². The highest BCUT2D eigenvalue weighted by Crippen LogP contribution is 2.32. The van der Waals surface area contributed by atoms with Crippen LogP contribution >= 0.6 is 35.0 Å². The van der Waals surface area contributed by atoms with E-state index in [1.165, 1.54) is 23.9 Å². The van der Waals surface area contributed by atoms with Crippen molar-refractivity contribution < 1.29 is 14.7 Å². The lowest BCUT2D eigenvalue weighted by atomic mass is 9.98. The second kappa shape index (κ2) is 7.96. The molecule has 26 heavy (non-hydrogen) atoms. The summed E-state index contributed by atoms with van der Waals surface area (Å²) in [6.07, 6.45) is 0. The molecule has 0 amide bonds. The second-order valence-corrected chi connectivity index (χ2v) is 7.34. The maximum absolute atomic E-state index is 12.6. The van der Waals surface area contributed by atoms with Crippen molar-refractivity contribution >= 4 is 46.7 Å². The first-order valence-corrected chi connectivity index (χ1v) is 9.13. The fourth-order valence-electron chi connectivity index (χ4n) is 2.37. The van der Waals surface area contributed by atoms with E-state index in [2.05, 4.69) is 0 Å². The lowest BCUT2D eigenvalue weighted by molar-refractivity contribution is 0.0693. The molecule has 0 aliphatic rings. The Labute approximate surface area is 164 Å². The predicted molar refractivity (Wildman–Crippen MR) is 104 cm³/mol. The number of hydrogen-bond donors (Lipinski definition) is 1. The zero-order chi connectivity index (χ0) is 18.7. The molecule has 3 aromatic rings. The van der Waals surface area contributed by atoms with Crippen molar-refractivity contribution in [3.05, 3.63) is 93.5 Å². The van der Waals surface area contributed by atoms with E-state index in [9.17, 15) is 14.7 Å².